The van der Waals surface area contributed by atoms with Crippen LogP contribution < -0.4 is 10.6 Å². The fraction of sp³-hybridized carbons (Fsp3) is 0.333. The van der Waals surface area contributed by atoms with Crippen molar-refractivity contribution in [3.05, 3.63) is 78.1 Å². The number of hydrogen-bond acceptors (Lipinski definition) is 11. The summed E-state index contributed by atoms with van der Waals surface area (Å²) < 4.78 is 35.4. The van der Waals surface area contributed by atoms with Gasteiger partial charge in [-0.05, 0) is 24.3 Å². The minimum Gasteiger partial charge on any atom is -0.459 e. The van der Waals surface area contributed by atoms with Crippen molar-refractivity contribution >= 4 is 40.8 Å². The SMILES string of the molecule is CNc1nc(NC(=O)C(C)C)nc2c1ncn2C1O[C@H](COC(=O)c2ccccc2)C(OC(=O)c2ccccc2)C1(F)CO. The van der Waals surface area contributed by atoms with Gasteiger partial charge in [-0.25, -0.2) is 19.0 Å². The molecular weight excluding hydrogens is 575 g/mol. The molecule has 4 aromatic rings. The molecule has 0 bridgehead atoms. The summed E-state index contributed by atoms with van der Waals surface area (Å²) in [4.78, 5) is 51.1. The third-order valence-corrected chi connectivity index (χ3v) is 7.07. The molecule has 5 rings (SSSR count). The zero-order valence-corrected chi connectivity index (χ0v) is 24.1. The number of aliphatic hydroxyl groups is 1. The molecule has 44 heavy (non-hydrogen) atoms. The number of hydrogen-bond donors (Lipinski definition) is 3. The Balaban J connectivity index is 1.52. The number of nitrogens with one attached hydrogen (secondary N) is 2. The number of rotatable bonds is 10. The van der Waals surface area contributed by atoms with Crippen molar-refractivity contribution in [2.45, 2.75) is 38.0 Å². The molecule has 3 heterocycles. The number of benzene rings is 2. The largest absolute Gasteiger partial charge is 0.459 e. The summed E-state index contributed by atoms with van der Waals surface area (Å²) in [5.74, 6) is -2.14. The smallest absolute Gasteiger partial charge is 0.338 e. The number of aromatic nitrogens is 4. The molecule has 1 aliphatic heterocycles. The lowest BCUT2D eigenvalue weighted by Crippen LogP contribution is -2.49. The fourth-order valence-corrected chi connectivity index (χ4v) is 4.71. The molecule has 230 valence electrons. The van der Waals surface area contributed by atoms with Gasteiger partial charge in [0.2, 0.25) is 17.5 Å². The summed E-state index contributed by atoms with van der Waals surface area (Å²) >= 11 is 0. The highest BCUT2D eigenvalue weighted by Crippen LogP contribution is 2.45. The van der Waals surface area contributed by atoms with Gasteiger partial charge in [0, 0.05) is 13.0 Å². The number of alkyl halides is 1. The molecule has 1 amide bonds. The molecule has 3 N–H and O–H groups in total. The van der Waals surface area contributed by atoms with Crippen molar-refractivity contribution in [2.75, 3.05) is 30.9 Å². The van der Waals surface area contributed by atoms with Crippen LogP contribution in [-0.2, 0) is 19.0 Å². The number of nitrogens with zero attached hydrogens (tertiary/aromatic N) is 4. The minimum absolute atomic E-state index is 0.0546. The lowest BCUT2D eigenvalue weighted by Gasteiger charge is -2.29. The highest BCUT2D eigenvalue weighted by Gasteiger charge is 2.61. The number of anilines is 2. The average molecular weight is 607 g/mol. The third kappa shape index (κ3) is 5.94. The zero-order chi connectivity index (χ0) is 31.4. The van der Waals surface area contributed by atoms with E-state index in [9.17, 15) is 19.5 Å². The quantitative estimate of drug-likeness (QED) is 0.227. The lowest BCUT2D eigenvalue weighted by atomic mass is 9.96. The van der Waals surface area contributed by atoms with Crippen LogP contribution in [0.5, 0.6) is 0 Å². The van der Waals surface area contributed by atoms with Crippen LogP contribution in [0.4, 0.5) is 16.2 Å². The molecule has 14 heteroatoms. The van der Waals surface area contributed by atoms with Crippen molar-refractivity contribution in [3.63, 3.8) is 0 Å². The van der Waals surface area contributed by atoms with Crippen LogP contribution in [0.3, 0.4) is 0 Å². The van der Waals surface area contributed by atoms with Crippen molar-refractivity contribution in [2.24, 2.45) is 5.92 Å². The van der Waals surface area contributed by atoms with E-state index in [-0.39, 0.29) is 45.9 Å². The minimum atomic E-state index is -2.76. The molecule has 1 fully saturated rings. The van der Waals surface area contributed by atoms with Gasteiger partial charge >= 0.3 is 11.9 Å². The second-order valence-electron chi connectivity index (χ2n) is 10.4. The van der Waals surface area contributed by atoms with Crippen LogP contribution in [0, 0.1) is 5.92 Å². The van der Waals surface area contributed by atoms with Crippen molar-refractivity contribution in [3.8, 4) is 0 Å². The molecule has 2 aromatic heterocycles. The van der Waals surface area contributed by atoms with Crippen molar-refractivity contribution < 1.29 is 38.1 Å². The highest BCUT2D eigenvalue weighted by atomic mass is 19.1. The van der Waals surface area contributed by atoms with Gasteiger partial charge in [-0.15, -0.1) is 0 Å². The monoisotopic (exact) mass is 606 g/mol. The summed E-state index contributed by atoms with van der Waals surface area (Å²) in [5.41, 5.74) is -2.09. The van der Waals surface area contributed by atoms with E-state index in [1.54, 1.807) is 69.4 Å². The molecule has 1 saturated heterocycles. The number of imidazole rings is 1. The zero-order valence-electron chi connectivity index (χ0n) is 24.1. The first-order valence-corrected chi connectivity index (χ1v) is 13.8. The maximum Gasteiger partial charge on any atom is 0.338 e. The van der Waals surface area contributed by atoms with E-state index in [1.807, 2.05) is 0 Å². The Morgan fingerprint density at radius 3 is 2.27 bits per heavy atom. The van der Waals surface area contributed by atoms with Crippen molar-refractivity contribution in [1.82, 2.24) is 19.5 Å². The molecule has 4 atom stereocenters. The van der Waals surface area contributed by atoms with E-state index >= 15 is 4.39 Å². The molecule has 0 radical (unpaired) electrons. The Kier molecular flexibility index (Phi) is 8.83. The van der Waals surface area contributed by atoms with Crippen LogP contribution >= 0.6 is 0 Å². The van der Waals surface area contributed by atoms with Crippen molar-refractivity contribution in [1.29, 1.82) is 0 Å². The normalized spacial score (nSPS) is 21.3. The molecule has 0 spiro atoms. The third-order valence-electron chi connectivity index (χ3n) is 7.07. The number of fused-ring (bicyclic) bond motifs is 1. The van der Waals surface area contributed by atoms with E-state index in [1.165, 1.54) is 23.0 Å². The molecule has 0 saturated carbocycles. The summed E-state index contributed by atoms with van der Waals surface area (Å²) in [6, 6.07) is 16.1. The van der Waals surface area contributed by atoms with E-state index in [0.29, 0.717) is 0 Å². The summed E-state index contributed by atoms with van der Waals surface area (Å²) in [7, 11) is 1.59. The number of aliphatic hydroxyl groups excluding tert-OH is 1. The molecule has 0 aliphatic carbocycles. The first kappa shape index (κ1) is 30.5. The molecule has 3 unspecified atom stereocenters. The van der Waals surface area contributed by atoms with Gasteiger partial charge in [0.25, 0.3) is 0 Å². The Bertz CT molecular complexity index is 1650. The second-order valence-corrected chi connectivity index (χ2v) is 10.4. The van der Waals surface area contributed by atoms with E-state index < -0.39 is 49.3 Å². The van der Waals surface area contributed by atoms with Gasteiger partial charge in [-0.1, -0.05) is 50.2 Å². The highest BCUT2D eigenvalue weighted by molar-refractivity contribution is 5.93. The Hall–Kier alpha value is -4.95. The van der Waals surface area contributed by atoms with Gasteiger partial charge in [-0.3, -0.25) is 14.7 Å². The first-order chi connectivity index (χ1) is 21.2. The summed E-state index contributed by atoms with van der Waals surface area (Å²) in [5, 5.41) is 15.9. The Labute approximate surface area is 251 Å². The standard InChI is InChI=1S/C30H31FN6O7/c1-17(2)25(39)36-29-34-23(32-3)21-24(35-29)37(16-33-21)28-30(31,15-38)22(44-27(41)19-12-8-5-9-13-19)20(43-28)14-42-26(40)18-10-6-4-7-11-18/h4-13,16-17,20,22,28,38H,14-15H2,1-3H3,(H2,32,34,35,36,39)/t20-,22?,28?,30?/m1/s1. The number of carbonyl (C=O) groups excluding carboxylic acids is 3. The lowest BCUT2D eigenvalue weighted by molar-refractivity contribution is -0.118. The average Bonchev–Trinajstić information content (AvgIpc) is 3.58. The number of ether oxygens (including phenoxy) is 3. The summed E-state index contributed by atoms with van der Waals surface area (Å²) in [6.45, 7) is 1.74. The maximum absolute atomic E-state index is 17.1. The predicted molar refractivity (Wildman–Crippen MR) is 156 cm³/mol. The Morgan fingerprint density at radius 1 is 1.05 bits per heavy atom. The molecule has 2 aromatic carbocycles. The van der Waals surface area contributed by atoms with Crippen LogP contribution in [0.2, 0.25) is 0 Å². The van der Waals surface area contributed by atoms with Gasteiger partial charge in [-0.2, -0.15) is 9.97 Å². The van der Waals surface area contributed by atoms with Gasteiger partial charge in [0.05, 0.1) is 24.1 Å². The summed E-state index contributed by atoms with van der Waals surface area (Å²) in [6.07, 6.45) is -3.49. The van der Waals surface area contributed by atoms with E-state index in [0.717, 1.165) is 0 Å². The van der Waals surface area contributed by atoms with E-state index in [2.05, 4.69) is 25.6 Å². The second kappa shape index (κ2) is 12.7. The number of carbonyl (C=O) groups is 3. The van der Waals surface area contributed by atoms with Gasteiger partial charge in [0.15, 0.2) is 29.3 Å². The fourth-order valence-electron chi connectivity index (χ4n) is 4.71. The van der Waals surface area contributed by atoms with Crippen LogP contribution in [0.15, 0.2) is 67.0 Å². The Morgan fingerprint density at radius 2 is 1.68 bits per heavy atom. The molecule has 13 nitrogen and oxygen atoms in total. The predicted octanol–water partition coefficient (Wildman–Crippen LogP) is 3.14. The molecule has 1 aliphatic rings. The van der Waals surface area contributed by atoms with Gasteiger partial charge in [0.1, 0.15) is 12.7 Å². The van der Waals surface area contributed by atoms with E-state index in [4.69, 9.17) is 14.2 Å². The topological polar surface area (TPSA) is 167 Å². The van der Waals surface area contributed by atoms with Gasteiger partial charge < -0.3 is 24.6 Å². The molecular formula is C30H31FN6O7. The number of amides is 1. The van der Waals surface area contributed by atoms with Crippen LogP contribution in [-0.4, -0.2) is 80.6 Å². The van der Waals surface area contributed by atoms with Crippen LogP contribution in [0.1, 0.15) is 40.8 Å². The van der Waals surface area contributed by atoms with Crippen LogP contribution in [0.25, 0.3) is 11.2 Å². The number of halogens is 1. The first-order valence-electron chi connectivity index (χ1n) is 13.8. The maximum atomic E-state index is 17.1. The number of esters is 2.